The highest BCUT2D eigenvalue weighted by Gasteiger charge is 2.34. The van der Waals surface area contributed by atoms with Gasteiger partial charge >= 0.3 is 0 Å². The molecular formula is C18H19N5O3. The number of nitrogens with two attached hydrogens (primary N) is 1. The largest absolute Gasteiger partial charge is 0.364 e. The number of aryl methyl sites for hydroxylation is 1. The Morgan fingerprint density at radius 1 is 1.35 bits per heavy atom. The molecule has 0 radical (unpaired) electrons. The van der Waals surface area contributed by atoms with E-state index in [-0.39, 0.29) is 18.2 Å². The average molecular weight is 353 g/mol. The first-order valence-corrected chi connectivity index (χ1v) is 8.47. The fourth-order valence-corrected chi connectivity index (χ4v) is 3.62. The summed E-state index contributed by atoms with van der Waals surface area (Å²) < 4.78 is 1.74. The van der Waals surface area contributed by atoms with E-state index in [1.165, 1.54) is 6.20 Å². The summed E-state index contributed by atoms with van der Waals surface area (Å²) >= 11 is 0. The number of amides is 3. The number of rotatable bonds is 3. The summed E-state index contributed by atoms with van der Waals surface area (Å²) in [6.07, 6.45) is 1.56. The molecule has 3 N–H and O–H groups in total. The Labute approximate surface area is 150 Å². The van der Waals surface area contributed by atoms with Gasteiger partial charge in [-0.15, -0.1) is 0 Å². The first-order valence-electron chi connectivity index (χ1n) is 8.47. The quantitative estimate of drug-likeness (QED) is 0.848. The molecule has 0 saturated carbocycles. The molecule has 0 unspecified atom stereocenters. The van der Waals surface area contributed by atoms with E-state index in [1.54, 1.807) is 9.47 Å². The van der Waals surface area contributed by atoms with E-state index < -0.39 is 11.8 Å². The van der Waals surface area contributed by atoms with Gasteiger partial charge in [0.1, 0.15) is 11.5 Å². The molecule has 0 bridgehead atoms. The Balaban J connectivity index is 1.50. The maximum atomic E-state index is 12.8. The first kappa shape index (κ1) is 16.3. The zero-order valence-electron chi connectivity index (χ0n) is 14.4. The van der Waals surface area contributed by atoms with Gasteiger partial charge in [-0.3, -0.25) is 14.4 Å². The summed E-state index contributed by atoms with van der Waals surface area (Å²) in [7, 11) is 0. The summed E-state index contributed by atoms with van der Waals surface area (Å²) in [5.74, 6) is -0.619. The van der Waals surface area contributed by atoms with Gasteiger partial charge in [0.2, 0.25) is 11.8 Å². The van der Waals surface area contributed by atoms with E-state index in [2.05, 4.69) is 10.3 Å². The van der Waals surface area contributed by atoms with Crippen LogP contribution in [-0.2, 0) is 22.7 Å². The van der Waals surface area contributed by atoms with E-state index >= 15 is 0 Å². The lowest BCUT2D eigenvalue weighted by Gasteiger charge is -2.29. The number of hydrogen-bond donors (Lipinski definition) is 2. The number of nitrogens with zero attached hydrogens (tertiary/aromatic N) is 3. The number of fused-ring (bicyclic) bond motifs is 2. The predicted molar refractivity (Wildman–Crippen MR) is 93.3 cm³/mol. The van der Waals surface area contributed by atoms with Crippen molar-refractivity contribution in [3.8, 4) is 0 Å². The molecule has 0 saturated heterocycles. The molecular weight excluding hydrogens is 334 g/mol. The number of aromatic nitrogens is 2. The Hall–Kier alpha value is -3.16. The Kier molecular flexibility index (Phi) is 3.75. The molecule has 4 rings (SSSR count). The smallest absolute Gasteiger partial charge is 0.266 e. The third-order valence-electron chi connectivity index (χ3n) is 5.00. The van der Waals surface area contributed by atoms with Gasteiger partial charge in [-0.25, -0.2) is 4.98 Å². The zero-order valence-corrected chi connectivity index (χ0v) is 14.4. The van der Waals surface area contributed by atoms with E-state index in [0.717, 1.165) is 16.8 Å². The molecule has 134 valence electrons. The molecule has 1 aromatic carbocycles. The lowest BCUT2D eigenvalue weighted by atomic mass is 9.95. The van der Waals surface area contributed by atoms with Crippen LogP contribution in [0, 0.1) is 6.92 Å². The molecule has 3 heterocycles. The number of benzene rings is 1. The van der Waals surface area contributed by atoms with Crippen molar-refractivity contribution in [2.24, 2.45) is 5.73 Å². The van der Waals surface area contributed by atoms with Crippen LogP contribution >= 0.6 is 0 Å². The summed E-state index contributed by atoms with van der Waals surface area (Å²) in [5, 5.41) is 2.84. The minimum atomic E-state index is -0.530. The predicted octanol–water partition coefficient (Wildman–Crippen LogP) is 0.759. The number of carbonyl (C=O) groups is 3. The maximum absolute atomic E-state index is 12.8. The molecule has 1 atom stereocenters. The van der Waals surface area contributed by atoms with Gasteiger partial charge in [0, 0.05) is 25.2 Å². The van der Waals surface area contributed by atoms with Crippen LogP contribution in [0.25, 0.3) is 0 Å². The molecule has 8 nitrogen and oxygen atoms in total. The van der Waals surface area contributed by atoms with Crippen LogP contribution in [0.15, 0.2) is 24.4 Å². The normalized spacial score (nSPS) is 18.3. The molecule has 2 aliphatic heterocycles. The third kappa shape index (κ3) is 2.63. The minimum absolute atomic E-state index is 0.102. The van der Waals surface area contributed by atoms with E-state index in [4.69, 9.17) is 5.73 Å². The van der Waals surface area contributed by atoms with Crippen molar-refractivity contribution in [1.82, 2.24) is 14.5 Å². The second-order valence-electron chi connectivity index (χ2n) is 6.73. The Bertz CT molecular complexity index is 933. The van der Waals surface area contributed by atoms with Crippen molar-refractivity contribution in [2.45, 2.75) is 32.4 Å². The standard InChI is InChI=1S/C18H19N5O3/c1-10-2-3-13-11(6-10)12(18(26)21-13)7-16(24)22-4-5-23-14(17(19)25)8-20-15(23)9-22/h2-3,6,8,12H,4-5,7,9H2,1H3,(H2,19,25)(H,21,26)/t12-/m0/s1. The summed E-state index contributed by atoms with van der Waals surface area (Å²) in [5.41, 5.74) is 8.39. The van der Waals surface area contributed by atoms with Crippen molar-refractivity contribution in [2.75, 3.05) is 11.9 Å². The van der Waals surface area contributed by atoms with Crippen molar-refractivity contribution >= 4 is 23.4 Å². The first-order chi connectivity index (χ1) is 12.4. The van der Waals surface area contributed by atoms with Crippen LogP contribution in [0.3, 0.4) is 0 Å². The second-order valence-corrected chi connectivity index (χ2v) is 6.73. The Morgan fingerprint density at radius 2 is 2.15 bits per heavy atom. The second kappa shape index (κ2) is 5.98. The highest BCUT2D eigenvalue weighted by Crippen LogP contribution is 2.35. The van der Waals surface area contributed by atoms with E-state index in [9.17, 15) is 14.4 Å². The fourth-order valence-electron chi connectivity index (χ4n) is 3.62. The van der Waals surface area contributed by atoms with Crippen molar-refractivity contribution in [3.05, 3.63) is 47.0 Å². The summed E-state index contributed by atoms with van der Waals surface area (Å²) in [4.78, 5) is 42.3. The highest BCUT2D eigenvalue weighted by molar-refractivity contribution is 6.05. The highest BCUT2D eigenvalue weighted by atomic mass is 16.2. The number of imidazole rings is 1. The number of nitrogens with one attached hydrogen (secondary N) is 1. The number of primary amides is 1. The molecule has 0 fully saturated rings. The molecule has 0 aliphatic carbocycles. The van der Waals surface area contributed by atoms with E-state index in [1.807, 2.05) is 25.1 Å². The number of carbonyl (C=O) groups excluding carboxylic acids is 3. The monoisotopic (exact) mass is 353 g/mol. The lowest BCUT2D eigenvalue weighted by Crippen LogP contribution is -2.40. The van der Waals surface area contributed by atoms with Gasteiger partial charge in [-0.1, -0.05) is 17.7 Å². The van der Waals surface area contributed by atoms with Gasteiger partial charge in [0.05, 0.1) is 18.7 Å². The molecule has 8 heteroatoms. The molecule has 26 heavy (non-hydrogen) atoms. The molecule has 0 spiro atoms. The van der Waals surface area contributed by atoms with Crippen LogP contribution in [0.2, 0.25) is 0 Å². The number of anilines is 1. The fraction of sp³-hybridized carbons (Fsp3) is 0.333. The van der Waals surface area contributed by atoms with Crippen molar-refractivity contribution < 1.29 is 14.4 Å². The summed E-state index contributed by atoms with van der Waals surface area (Å²) in [6.45, 7) is 3.19. The van der Waals surface area contributed by atoms with Gasteiger partial charge in [-0.05, 0) is 18.6 Å². The number of hydrogen-bond acceptors (Lipinski definition) is 4. The van der Waals surface area contributed by atoms with Crippen LogP contribution in [-0.4, -0.2) is 38.7 Å². The summed E-state index contributed by atoms with van der Waals surface area (Å²) in [6, 6.07) is 5.76. The van der Waals surface area contributed by atoms with Crippen molar-refractivity contribution in [1.29, 1.82) is 0 Å². The Morgan fingerprint density at radius 3 is 2.92 bits per heavy atom. The average Bonchev–Trinajstić information content (AvgIpc) is 3.16. The van der Waals surface area contributed by atoms with Crippen LogP contribution in [0.1, 0.15) is 39.8 Å². The van der Waals surface area contributed by atoms with Crippen molar-refractivity contribution in [3.63, 3.8) is 0 Å². The maximum Gasteiger partial charge on any atom is 0.266 e. The zero-order chi connectivity index (χ0) is 18.4. The van der Waals surface area contributed by atoms with Crippen LogP contribution in [0.4, 0.5) is 5.69 Å². The lowest BCUT2D eigenvalue weighted by molar-refractivity contribution is -0.134. The molecule has 3 amide bonds. The van der Waals surface area contributed by atoms with Gasteiger partial charge in [0.15, 0.2) is 0 Å². The van der Waals surface area contributed by atoms with Gasteiger partial charge in [-0.2, -0.15) is 0 Å². The topological polar surface area (TPSA) is 110 Å². The molecule has 1 aromatic heterocycles. The van der Waals surface area contributed by atoms with Crippen LogP contribution < -0.4 is 11.1 Å². The molecule has 2 aromatic rings. The van der Waals surface area contributed by atoms with Crippen LogP contribution in [0.5, 0.6) is 0 Å². The molecule has 2 aliphatic rings. The van der Waals surface area contributed by atoms with Gasteiger partial charge in [0.25, 0.3) is 5.91 Å². The van der Waals surface area contributed by atoms with E-state index in [0.29, 0.717) is 31.2 Å². The third-order valence-corrected chi connectivity index (χ3v) is 5.00. The SMILES string of the molecule is Cc1ccc2c(c1)[C@H](CC(=O)N1CCn3c(C(N)=O)cnc3C1)C(=O)N2. The minimum Gasteiger partial charge on any atom is -0.364 e. The van der Waals surface area contributed by atoms with Gasteiger partial charge < -0.3 is 20.5 Å².